The molecule has 0 aromatic carbocycles. The van der Waals surface area contributed by atoms with Crippen LogP contribution in [-0.4, -0.2) is 48.1 Å². The number of nitrogens with one attached hydrogen (secondary N) is 1. The second kappa shape index (κ2) is 7.85. The van der Waals surface area contributed by atoms with E-state index in [-0.39, 0.29) is 0 Å². The largest absolute Gasteiger partial charge is 0.370 e. The van der Waals surface area contributed by atoms with E-state index in [0.717, 1.165) is 44.3 Å². The molecule has 0 saturated heterocycles. The molecule has 3 N–H and O–H groups in total. The highest BCUT2D eigenvalue weighted by atomic mass is 15.2. The lowest BCUT2D eigenvalue weighted by molar-refractivity contribution is 0.286. The number of rotatable bonds is 8. The second-order valence-electron chi connectivity index (χ2n) is 5.12. The van der Waals surface area contributed by atoms with Gasteiger partial charge in [0.25, 0.3) is 0 Å². The first-order valence-electron chi connectivity index (χ1n) is 7.47. The van der Waals surface area contributed by atoms with Crippen molar-refractivity contribution in [2.24, 2.45) is 10.7 Å². The minimum Gasteiger partial charge on any atom is -0.370 e. The van der Waals surface area contributed by atoms with Crippen LogP contribution in [0, 0.1) is 0 Å². The summed E-state index contributed by atoms with van der Waals surface area (Å²) < 4.78 is 0. The van der Waals surface area contributed by atoms with E-state index in [2.05, 4.69) is 27.1 Å². The van der Waals surface area contributed by atoms with Gasteiger partial charge in [0, 0.05) is 37.4 Å². The Hall–Kier alpha value is -1.62. The van der Waals surface area contributed by atoms with Gasteiger partial charge < -0.3 is 11.1 Å². The highest BCUT2D eigenvalue weighted by Gasteiger charge is 2.26. The van der Waals surface area contributed by atoms with Crippen LogP contribution in [0.1, 0.15) is 25.5 Å². The molecular formula is C15H25N5. The molecule has 0 spiro atoms. The molecule has 1 fully saturated rings. The van der Waals surface area contributed by atoms with E-state index in [1.165, 1.54) is 12.8 Å². The summed E-state index contributed by atoms with van der Waals surface area (Å²) in [5, 5.41) is 3.14. The number of aliphatic imine (C=N–C) groups is 1. The van der Waals surface area contributed by atoms with Gasteiger partial charge in [0.05, 0.1) is 6.54 Å². The van der Waals surface area contributed by atoms with Crippen molar-refractivity contribution in [1.82, 2.24) is 15.2 Å². The molecule has 1 saturated carbocycles. The number of nitrogens with two attached hydrogens (primary N) is 1. The van der Waals surface area contributed by atoms with Gasteiger partial charge in [-0.1, -0.05) is 13.0 Å². The minimum absolute atomic E-state index is 0.535. The molecule has 5 heteroatoms. The normalized spacial score (nSPS) is 15.6. The number of pyridine rings is 1. The quantitative estimate of drug-likeness (QED) is 0.549. The first-order chi connectivity index (χ1) is 9.79. The van der Waals surface area contributed by atoms with Gasteiger partial charge in [0.15, 0.2) is 5.96 Å². The fourth-order valence-electron chi connectivity index (χ4n) is 2.26. The van der Waals surface area contributed by atoms with Gasteiger partial charge in [-0.25, -0.2) is 0 Å². The zero-order chi connectivity index (χ0) is 14.2. The van der Waals surface area contributed by atoms with Crippen molar-refractivity contribution in [2.45, 2.75) is 32.2 Å². The lowest BCUT2D eigenvalue weighted by Crippen LogP contribution is -2.35. The van der Waals surface area contributed by atoms with Gasteiger partial charge in [0.1, 0.15) is 0 Å². The Morgan fingerprint density at radius 3 is 3.00 bits per heavy atom. The monoisotopic (exact) mass is 275 g/mol. The maximum Gasteiger partial charge on any atom is 0.188 e. The first-order valence-corrected chi connectivity index (χ1v) is 7.47. The molecule has 0 bridgehead atoms. The van der Waals surface area contributed by atoms with Crippen LogP contribution < -0.4 is 11.1 Å². The van der Waals surface area contributed by atoms with E-state index in [9.17, 15) is 0 Å². The van der Waals surface area contributed by atoms with Gasteiger partial charge in [-0.3, -0.25) is 14.9 Å². The fraction of sp³-hybridized carbons (Fsp3) is 0.600. The molecule has 0 atom stereocenters. The smallest absolute Gasteiger partial charge is 0.188 e. The lowest BCUT2D eigenvalue weighted by Gasteiger charge is -2.18. The van der Waals surface area contributed by atoms with Crippen molar-refractivity contribution < 1.29 is 0 Å². The molecule has 1 heterocycles. The van der Waals surface area contributed by atoms with E-state index in [0.29, 0.717) is 5.96 Å². The Kier molecular flexibility index (Phi) is 5.80. The van der Waals surface area contributed by atoms with Crippen LogP contribution in [0.4, 0.5) is 0 Å². The summed E-state index contributed by atoms with van der Waals surface area (Å²) in [5.41, 5.74) is 6.93. The summed E-state index contributed by atoms with van der Waals surface area (Å²) in [6.07, 6.45) is 5.36. The Morgan fingerprint density at radius 2 is 2.35 bits per heavy atom. The molecule has 0 radical (unpaired) electrons. The maximum absolute atomic E-state index is 5.86. The van der Waals surface area contributed by atoms with Gasteiger partial charge in [-0.05, 0) is 31.5 Å². The predicted molar refractivity (Wildman–Crippen MR) is 82.7 cm³/mol. The Balaban J connectivity index is 1.61. The molecule has 110 valence electrons. The number of hydrogen-bond donors (Lipinski definition) is 2. The summed E-state index contributed by atoms with van der Waals surface area (Å²) in [6, 6.07) is 6.74. The van der Waals surface area contributed by atoms with Crippen molar-refractivity contribution in [3.63, 3.8) is 0 Å². The van der Waals surface area contributed by atoms with Crippen LogP contribution in [0.3, 0.4) is 0 Å². The average molecular weight is 275 g/mol. The molecule has 1 aliphatic rings. The third-order valence-electron chi connectivity index (χ3n) is 3.55. The summed E-state index contributed by atoms with van der Waals surface area (Å²) in [5.74, 6) is 0.535. The highest BCUT2D eigenvalue weighted by Crippen LogP contribution is 2.25. The van der Waals surface area contributed by atoms with E-state index >= 15 is 0 Å². The third kappa shape index (κ3) is 5.17. The molecule has 5 nitrogen and oxygen atoms in total. The number of nitrogens with zero attached hydrogens (tertiary/aromatic N) is 3. The predicted octanol–water partition coefficient (Wildman–Crippen LogP) is 1.01. The standard InChI is InChI=1S/C15H25N5/c1-2-20(14-6-7-14)12-11-19-15(16)18-10-8-13-5-3-4-9-17-13/h3-5,9,14H,2,6-8,10-12H2,1H3,(H3,16,18,19). The molecule has 1 aromatic heterocycles. The van der Waals surface area contributed by atoms with Gasteiger partial charge in [-0.2, -0.15) is 0 Å². The van der Waals surface area contributed by atoms with E-state index < -0.39 is 0 Å². The number of likely N-dealkylation sites (N-methyl/N-ethyl adjacent to an activating group) is 1. The molecule has 0 aliphatic heterocycles. The lowest BCUT2D eigenvalue weighted by atomic mass is 10.3. The van der Waals surface area contributed by atoms with Gasteiger partial charge in [-0.15, -0.1) is 0 Å². The molecule has 0 amide bonds. The Bertz CT molecular complexity index is 414. The zero-order valence-electron chi connectivity index (χ0n) is 12.3. The molecule has 1 aromatic rings. The van der Waals surface area contributed by atoms with Crippen LogP contribution in [0.5, 0.6) is 0 Å². The molecule has 20 heavy (non-hydrogen) atoms. The van der Waals surface area contributed by atoms with E-state index in [4.69, 9.17) is 5.73 Å². The summed E-state index contributed by atoms with van der Waals surface area (Å²) in [7, 11) is 0. The SMILES string of the molecule is CCN(CCN=C(N)NCCc1ccccn1)C1CC1. The van der Waals surface area contributed by atoms with Crippen molar-refractivity contribution in [2.75, 3.05) is 26.2 Å². The number of guanidine groups is 1. The fourth-order valence-corrected chi connectivity index (χ4v) is 2.26. The van der Waals surface area contributed by atoms with Crippen molar-refractivity contribution in [3.8, 4) is 0 Å². The zero-order valence-corrected chi connectivity index (χ0v) is 12.3. The van der Waals surface area contributed by atoms with Crippen molar-refractivity contribution in [3.05, 3.63) is 30.1 Å². The topological polar surface area (TPSA) is 66.5 Å². The summed E-state index contributed by atoms with van der Waals surface area (Å²) in [4.78, 5) is 11.1. The first kappa shape index (κ1) is 14.8. The molecular weight excluding hydrogens is 250 g/mol. The Labute approximate surface area is 121 Å². The van der Waals surface area contributed by atoms with Crippen LogP contribution in [0.25, 0.3) is 0 Å². The Morgan fingerprint density at radius 1 is 1.50 bits per heavy atom. The van der Waals surface area contributed by atoms with Crippen LogP contribution in [0.2, 0.25) is 0 Å². The summed E-state index contributed by atoms with van der Waals surface area (Å²) in [6.45, 7) is 5.85. The van der Waals surface area contributed by atoms with Crippen molar-refractivity contribution in [1.29, 1.82) is 0 Å². The van der Waals surface area contributed by atoms with E-state index in [1.807, 2.05) is 24.4 Å². The van der Waals surface area contributed by atoms with Gasteiger partial charge in [0.2, 0.25) is 0 Å². The van der Waals surface area contributed by atoms with Crippen molar-refractivity contribution >= 4 is 5.96 Å². The van der Waals surface area contributed by atoms with E-state index in [1.54, 1.807) is 0 Å². The molecule has 0 unspecified atom stereocenters. The highest BCUT2D eigenvalue weighted by molar-refractivity contribution is 5.77. The molecule has 1 aliphatic carbocycles. The van der Waals surface area contributed by atoms with Crippen LogP contribution >= 0.6 is 0 Å². The van der Waals surface area contributed by atoms with Crippen LogP contribution in [0.15, 0.2) is 29.4 Å². The third-order valence-corrected chi connectivity index (χ3v) is 3.55. The minimum atomic E-state index is 0.535. The second-order valence-corrected chi connectivity index (χ2v) is 5.12. The van der Waals surface area contributed by atoms with Crippen LogP contribution in [-0.2, 0) is 6.42 Å². The summed E-state index contributed by atoms with van der Waals surface area (Å²) >= 11 is 0. The number of aromatic nitrogens is 1. The van der Waals surface area contributed by atoms with Gasteiger partial charge >= 0.3 is 0 Å². The maximum atomic E-state index is 5.86. The molecule has 2 rings (SSSR count). The average Bonchev–Trinajstić information content (AvgIpc) is 3.29. The number of hydrogen-bond acceptors (Lipinski definition) is 3.